The number of aliphatic carboxylic acids is 1. The second kappa shape index (κ2) is 8.79. The number of ether oxygens (including phenoxy) is 2. The number of fused-ring (bicyclic) bond motifs is 1. The zero-order chi connectivity index (χ0) is 22.2. The molecule has 0 bridgehead atoms. The Morgan fingerprint density at radius 1 is 1.47 bits per heavy atom. The number of carbonyl (C=O) groups excluding carboxylic acids is 3. The Morgan fingerprint density at radius 3 is 2.70 bits per heavy atom. The van der Waals surface area contributed by atoms with Crippen LogP contribution in [0.4, 0.5) is 5.13 Å². The third kappa shape index (κ3) is 4.24. The van der Waals surface area contributed by atoms with E-state index in [1.54, 1.807) is 0 Å². The molecule has 14 heteroatoms. The smallest absolute Gasteiger partial charge is 0.352 e. The summed E-state index contributed by atoms with van der Waals surface area (Å²) in [6, 6.07) is -0.914. The van der Waals surface area contributed by atoms with Crippen molar-refractivity contribution in [1.82, 2.24) is 15.2 Å². The highest BCUT2D eigenvalue weighted by Crippen LogP contribution is 2.41. The second-order valence-electron chi connectivity index (χ2n) is 6.26. The molecule has 0 spiro atoms. The summed E-state index contributed by atoms with van der Waals surface area (Å²) in [6.07, 6.45) is -1.40. The lowest BCUT2D eigenvalue weighted by molar-refractivity contribution is -0.165. The number of hydrogen-bond acceptors (Lipinski definition) is 10. The van der Waals surface area contributed by atoms with Gasteiger partial charge >= 0.3 is 11.9 Å². The van der Waals surface area contributed by atoms with E-state index in [-0.39, 0.29) is 32.9 Å². The molecule has 30 heavy (non-hydrogen) atoms. The van der Waals surface area contributed by atoms with E-state index in [9.17, 15) is 24.3 Å². The normalized spacial score (nSPS) is 21.6. The van der Waals surface area contributed by atoms with Gasteiger partial charge in [-0.25, -0.2) is 9.78 Å². The van der Waals surface area contributed by atoms with Crippen molar-refractivity contribution in [1.29, 1.82) is 0 Å². The molecule has 1 saturated heterocycles. The van der Waals surface area contributed by atoms with E-state index in [0.29, 0.717) is 5.69 Å². The van der Waals surface area contributed by atoms with Crippen molar-refractivity contribution >= 4 is 63.6 Å². The Kier molecular flexibility index (Phi) is 6.55. The number of thioether (sulfide) groups is 1. The van der Waals surface area contributed by atoms with Gasteiger partial charge in [0.1, 0.15) is 21.4 Å². The van der Waals surface area contributed by atoms with Crippen molar-refractivity contribution in [3.05, 3.63) is 21.3 Å². The molecule has 0 aromatic carbocycles. The zero-order valence-electron chi connectivity index (χ0n) is 15.7. The fourth-order valence-electron chi connectivity index (χ4n) is 3.07. The first-order chi connectivity index (χ1) is 14.1. The Labute approximate surface area is 183 Å². The van der Waals surface area contributed by atoms with Gasteiger partial charge in [-0.1, -0.05) is 22.9 Å². The number of esters is 1. The average molecular weight is 477 g/mol. The number of nitrogens with two attached hydrogens (primary N) is 1. The van der Waals surface area contributed by atoms with Crippen LogP contribution in [0.2, 0.25) is 4.34 Å². The van der Waals surface area contributed by atoms with Crippen LogP contribution in [-0.4, -0.2) is 69.3 Å². The molecule has 11 nitrogen and oxygen atoms in total. The number of halogens is 1. The van der Waals surface area contributed by atoms with Gasteiger partial charge in [0.15, 0.2) is 5.13 Å². The number of nitrogens with zero attached hydrogens (tertiary/aromatic N) is 2. The van der Waals surface area contributed by atoms with Crippen LogP contribution in [0, 0.1) is 0 Å². The number of amides is 2. The summed E-state index contributed by atoms with van der Waals surface area (Å²) in [5, 5.41) is 11.8. The van der Waals surface area contributed by atoms with Crippen molar-refractivity contribution < 1.29 is 33.8 Å². The molecular weight excluding hydrogens is 460 g/mol. The predicted molar refractivity (Wildman–Crippen MR) is 107 cm³/mol. The zero-order valence-corrected chi connectivity index (χ0v) is 18.1. The van der Waals surface area contributed by atoms with E-state index in [2.05, 4.69) is 10.3 Å². The third-order valence-corrected chi connectivity index (χ3v) is 6.75. The highest BCUT2D eigenvalue weighted by molar-refractivity contribution is 8.00. The van der Waals surface area contributed by atoms with Crippen molar-refractivity contribution in [2.24, 2.45) is 0 Å². The Bertz CT molecular complexity index is 950. The van der Waals surface area contributed by atoms with Gasteiger partial charge in [0.25, 0.3) is 5.91 Å². The maximum atomic E-state index is 12.6. The molecule has 0 aliphatic carbocycles. The molecule has 3 atom stereocenters. The summed E-state index contributed by atoms with van der Waals surface area (Å²) in [6.45, 7) is 1.16. The quantitative estimate of drug-likeness (QED) is 0.281. The van der Waals surface area contributed by atoms with E-state index in [4.69, 9.17) is 26.8 Å². The van der Waals surface area contributed by atoms with Crippen LogP contribution in [0.5, 0.6) is 0 Å². The summed E-state index contributed by atoms with van der Waals surface area (Å²) in [5.74, 6) is -3.00. The summed E-state index contributed by atoms with van der Waals surface area (Å²) in [5.41, 5.74) is 5.67. The van der Waals surface area contributed by atoms with Gasteiger partial charge in [0, 0.05) is 25.4 Å². The first kappa shape index (κ1) is 22.3. The highest BCUT2D eigenvalue weighted by atomic mass is 35.5. The van der Waals surface area contributed by atoms with Crippen LogP contribution in [0.3, 0.4) is 0 Å². The lowest BCUT2D eigenvalue weighted by Gasteiger charge is -2.49. The predicted octanol–water partition coefficient (Wildman–Crippen LogP) is 0.195. The Morgan fingerprint density at radius 2 is 2.17 bits per heavy atom. The van der Waals surface area contributed by atoms with Gasteiger partial charge < -0.3 is 25.6 Å². The van der Waals surface area contributed by atoms with Gasteiger partial charge in [0.2, 0.25) is 12.2 Å². The molecule has 2 aliphatic heterocycles. The van der Waals surface area contributed by atoms with Gasteiger partial charge in [-0.15, -0.1) is 11.8 Å². The number of nitrogen functional groups attached to an aromatic ring is 1. The SMILES string of the molecule is COC(OC(C)=O)C1=C(C(=O)O)N2C(=O)[C@H](NC(=O)Cc3nc(N)sc3Cl)[C@H]2SC1. The Balaban J connectivity index is 1.75. The maximum absolute atomic E-state index is 12.6. The molecule has 4 N–H and O–H groups in total. The molecule has 2 aliphatic rings. The van der Waals surface area contributed by atoms with E-state index in [1.807, 2.05) is 0 Å². The van der Waals surface area contributed by atoms with Gasteiger partial charge in [-0.2, -0.15) is 0 Å². The summed E-state index contributed by atoms with van der Waals surface area (Å²) in [4.78, 5) is 53.1. The van der Waals surface area contributed by atoms with E-state index >= 15 is 0 Å². The molecule has 0 radical (unpaired) electrons. The number of carbonyl (C=O) groups is 4. The van der Waals surface area contributed by atoms with Gasteiger partial charge in [0.05, 0.1) is 12.1 Å². The number of anilines is 1. The number of rotatable bonds is 7. The molecule has 3 heterocycles. The fourth-order valence-corrected chi connectivity index (χ4v) is 5.35. The molecular formula is C16H17ClN4O7S2. The van der Waals surface area contributed by atoms with Crippen LogP contribution in [-0.2, 0) is 35.1 Å². The number of hydrogen-bond donors (Lipinski definition) is 3. The average Bonchev–Trinajstić information content (AvgIpc) is 2.99. The molecule has 1 aromatic heterocycles. The van der Waals surface area contributed by atoms with Crippen LogP contribution in [0.25, 0.3) is 0 Å². The molecule has 3 rings (SSSR count). The monoisotopic (exact) mass is 476 g/mol. The van der Waals surface area contributed by atoms with Crippen molar-refractivity contribution in [3.8, 4) is 0 Å². The standard InChI is InChI=1S/C16H17ClN4O7S2/c1-5(22)28-15(27-2)6-4-29-13-9(12(24)21(13)10(6)14(25)26)20-8(23)3-7-11(17)30-16(18)19-7/h9,13,15H,3-4H2,1-2H3,(H2,18,19)(H,20,23)(H,25,26)/t9-,13+,15?/m0/s1. The van der Waals surface area contributed by atoms with Crippen LogP contribution < -0.4 is 11.1 Å². The largest absolute Gasteiger partial charge is 0.477 e. The van der Waals surface area contributed by atoms with E-state index < -0.39 is 41.5 Å². The third-order valence-electron chi connectivity index (χ3n) is 4.28. The fraction of sp³-hybridized carbons (Fsp3) is 0.438. The van der Waals surface area contributed by atoms with Crippen LogP contribution >= 0.6 is 34.7 Å². The maximum Gasteiger partial charge on any atom is 0.352 e. The number of carboxylic acid groups (broad SMARTS) is 1. The van der Waals surface area contributed by atoms with Crippen LogP contribution in [0.15, 0.2) is 11.3 Å². The van der Waals surface area contributed by atoms with Crippen molar-refractivity contribution in [2.45, 2.75) is 31.1 Å². The molecule has 0 saturated carbocycles. The Hall–Kier alpha value is -2.35. The highest BCUT2D eigenvalue weighted by Gasteiger charge is 2.55. The lowest BCUT2D eigenvalue weighted by Crippen LogP contribution is -2.71. The molecule has 1 fully saturated rings. The van der Waals surface area contributed by atoms with E-state index in [0.717, 1.165) is 23.2 Å². The summed E-state index contributed by atoms with van der Waals surface area (Å²) in [7, 11) is 1.26. The van der Waals surface area contributed by atoms with Crippen molar-refractivity contribution in [3.63, 3.8) is 0 Å². The lowest BCUT2D eigenvalue weighted by atomic mass is 10.0. The number of carboxylic acids is 1. The van der Waals surface area contributed by atoms with E-state index in [1.165, 1.54) is 18.9 Å². The van der Waals surface area contributed by atoms with Gasteiger partial charge in [-0.3, -0.25) is 19.3 Å². The number of thiazole rings is 1. The minimum atomic E-state index is -1.37. The number of β-lactam (4-membered cyclic amide) rings is 1. The summed E-state index contributed by atoms with van der Waals surface area (Å²) < 4.78 is 10.4. The van der Waals surface area contributed by atoms with Crippen molar-refractivity contribution in [2.75, 3.05) is 18.6 Å². The number of aromatic nitrogens is 1. The minimum Gasteiger partial charge on any atom is -0.477 e. The number of methoxy groups -OCH3 is 1. The summed E-state index contributed by atoms with van der Waals surface area (Å²) >= 11 is 8.21. The second-order valence-corrected chi connectivity index (χ2v) is 9.00. The topological polar surface area (TPSA) is 161 Å². The molecule has 2 amide bonds. The minimum absolute atomic E-state index is 0.128. The first-order valence-electron chi connectivity index (χ1n) is 8.45. The van der Waals surface area contributed by atoms with Gasteiger partial charge in [-0.05, 0) is 0 Å². The number of nitrogens with one attached hydrogen (secondary N) is 1. The molecule has 1 aromatic rings. The first-order valence-corrected chi connectivity index (χ1v) is 10.7. The molecule has 162 valence electrons. The van der Waals surface area contributed by atoms with Crippen LogP contribution in [0.1, 0.15) is 12.6 Å². The molecule has 1 unspecified atom stereocenters.